The van der Waals surface area contributed by atoms with E-state index in [4.69, 9.17) is 9.26 Å². The average Bonchev–Trinajstić information content (AvgIpc) is 3.31. The Bertz CT molecular complexity index is 1180. The number of H-pyrrole nitrogens is 1. The van der Waals surface area contributed by atoms with Crippen LogP contribution in [-0.2, 0) is 6.54 Å². The molecule has 1 N–H and O–H groups in total. The molecule has 0 unspecified atom stereocenters. The van der Waals surface area contributed by atoms with Crippen molar-refractivity contribution in [2.24, 2.45) is 0 Å². The smallest absolute Gasteiger partial charge is 0.326 e. The summed E-state index contributed by atoms with van der Waals surface area (Å²) in [5.41, 5.74) is 3.31. The maximum atomic E-state index is 12.1. The van der Waals surface area contributed by atoms with E-state index < -0.39 is 0 Å². The lowest BCUT2D eigenvalue weighted by atomic mass is 10.2. The minimum absolute atomic E-state index is 0.106. The third kappa shape index (κ3) is 3.46. The highest BCUT2D eigenvalue weighted by atomic mass is 16.5. The Hall–Kier alpha value is -3.61. The van der Waals surface area contributed by atoms with E-state index in [1.807, 2.05) is 55.5 Å². The number of aryl methyl sites for hydroxylation is 1. The Morgan fingerprint density at radius 3 is 2.75 bits per heavy atom. The van der Waals surface area contributed by atoms with E-state index in [1.165, 1.54) is 0 Å². The van der Waals surface area contributed by atoms with E-state index in [0.29, 0.717) is 18.3 Å². The van der Waals surface area contributed by atoms with Crippen molar-refractivity contribution in [2.75, 3.05) is 7.11 Å². The van der Waals surface area contributed by atoms with Gasteiger partial charge in [0.05, 0.1) is 18.1 Å². The molecule has 7 nitrogen and oxygen atoms in total. The first-order chi connectivity index (χ1) is 13.7. The van der Waals surface area contributed by atoms with Crippen LogP contribution < -0.4 is 10.4 Å². The molecule has 0 amide bonds. The van der Waals surface area contributed by atoms with Crippen LogP contribution in [0, 0.1) is 0 Å². The number of hydrogen-bond acceptors (Lipinski definition) is 5. The van der Waals surface area contributed by atoms with Crippen LogP contribution in [0.1, 0.15) is 24.8 Å². The Morgan fingerprint density at radius 1 is 1.18 bits per heavy atom. The molecule has 2 aromatic carbocycles. The lowest BCUT2D eigenvalue weighted by Gasteiger charge is -2.00. The average molecular weight is 376 g/mol. The molecule has 2 aromatic heterocycles. The number of methoxy groups -OCH3 is 1. The van der Waals surface area contributed by atoms with Gasteiger partial charge in [-0.3, -0.25) is 4.57 Å². The molecule has 142 valence electrons. The van der Waals surface area contributed by atoms with Crippen LogP contribution in [0.15, 0.2) is 51.8 Å². The first kappa shape index (κ1) is 17.8. The quantitative estimate of drug-likeness (QED) is 0.550. The van der Waals surface area contributed by atoms with E-state index in [0.717, 1.165) is 34.3 Å². The molecule has 0 spiro atoms. The molecule has 0 saturated heterocycles. The molecule has 0 aliphatic carbocycles. The van der Waals surface area contributed by atoms with Gasteiger partial charge in [-0.15, -0.1) is 0 Å². The number of nitrogens with one attached hydrogen (secondary N) is 1. The zero-order chi connectivity index (χ0) is 19.5. The third-order valence-corrected chi connectivity index (χ3v) is 4.46. The van der Waals surface area contributed by atoms with Crippen molar-refractivity contribution in [3.63, 3.8) is 0 Å². The van der Waals surface area contributed by atoms with E-state index in [2.05, 4.69) is 15.1 Å². The number of nitrogens with zero attached hydrogens (tertiary/aromatic N) is 3. The summed E-state index contributed by atoms with van der Waals surface area (Å²) in [4.78, 5) is 19.4. The predicted octanol–water partition coefficient (Wildman–Crippen LogP) is 3.97. The Labute approximate surface area is 161 Å². The van der Waals surface area contributed by atoms with Gasteiger partial charge in [-0.25, -0.2) is 4.79 Å². The minimum Gasteiger partial charge on any atom is -0.497 e. The van der Waals surface area contributed by atoms with E-state index in [1.54, 1.807) is 17.8 Å². The van der Waals surface area contributed by atoms with Crippen molar-refractivity contribution in [2.45, 2.75) is 19.9 Å². The molecule has 0 saturated carbocycles. The molecular weight excluding hydrogens is 356 g/mol. The SMILES string of the molecule is CCCn1c(=O)[nH]c2cc(-c3noc(/C=C/c4ccc(OC)cc4)n3)ccc21. The fourth-order valence-electron chi connectivity index (χ4n) is 3.05. The summed E-state index contributed by atoms with van der Waals surface area (Å²) in [7, 11) is 1.64. The molecule has 0 bridgehead atoms. The van der Waals surface area contributed by atoms with Crippen molar-refractivity contribution in [1.82, 2.24) is 19.7 Å². The Kier molecular flexibility index (Phi) is 4.80. The zero-order valence-corrected chi connectivity index (χ0v) is 15.7. The molecule has 7 heteroatoms. The highest BCUT2D eigenvalue weighted by Gasteiger charge is 2.11. The lowest BCUT2D eigenvalue weighted by Crippen LogP contribution is -2.16. The molecule has 2 heterocycles. The van der Waals surface area contributed by atoms with Crippen molar-refractivity contribution in [3.8, 4) is 17.1 Å². The van der Waals surface area contributed by atoms with Gasteiger partial charge in [0.2, 0.25) is 5.82 Å². The molecule has 28 heavy (non-hydrogen) atoms. The number of fused-ring (bicyclic) bond motifs is 1. The third-order valence-electron chi connectivity index (χ3n) is 4.46. The summed E-state index contributed by atoms with van der Waals surface area (Å²) in [5.74, 6) is 1.68. The Balaban J connectivity index is 1.58. The highest BCUT2D eigenvalue weighted by Crippen LogP contribution is 2.21. The van der Waals surface area contributed by atoms with Crippen molar-refractivity contribution < 1.29 is 9.26 Å². The number of rotatable bonds is 6. The van der Waals surface area contributed by atoms with Gasteiger partial charge in [-0.05, 0) is 48.4 Å². The van der Waals surface area contributed by atoms with Crippen LogP contribution in [-0.4, -0.2) is 26.8 Å². The molecule has 0 fully saturated rings. The molecular formula is C21H20N4O3. The summed E-state index contributed by atoms with van der Waals surface area (Å²) in [6.07, 6.45) is 4.54. The van der Waals surface area contributed by atoms with E-state index >= 15 is 0 Å². The van der Waals surface area contributed by atoms with Crippen LogP contribution >= 0.6 is 0 Å². The number of benzene rings is 2. The van der Waals surface area contributed by atoms with Crippen LogP contribution in [0.25, 0.3) is 34.6 Å². The largest absolute Gasteiger partial charge is 0.497 e. The van der Waals surface area contributed by atoms with Crippen LogP contribution in [0.2, 0.25) is 0 Å². The number of aromatic nitrogens is 4. The van der Waals surface area contributed by atoms with Crippen LogP contribution in [0.5, 0.6) is 5.75 Å². The van der Waals surface area contributed by atoms with Crippen molar-refractivity contribution in [1.29, 1.82) is 0 Å². The molecule has 0 aliphatic heterocycles. The molecule has 0 aliphatic rings. The number of ether oxygens (including phenoxy) is 1. The van der Waals surface area contributed by atoms with Gasteiger partial charge in [0.25, 0.3) is 5.89 Å². The second-order valence-electron chi connectivity index (χ2n) is 6.38. The summed E-state index contributed by atoms with van der Waals surface area (Å²) < 4.78 is 12.2. The minimum atomic E-state index is -0.106. The summed E-state index contributed by atoms with van der Waals surface area (Å²) in [6, 6.07) is 13.3. The van der Waals surface area contributed by atoms with E-state index in [-0.39, 0.29) is 5.69 Å². The molecule has 0 radical (unpaired) electrons. The van der Waals surface area contributed by atoms with Gasteiger partial charge < -0.3 is 14.2 Å². The fourth-order valence-corrected chi connectivity index (χ4v) is 3.05. The summed E-state index contributed by atoms with van der Waals surface area (Å²) >= 11 is 0. The van der Waals surface area contributed by atoms with Gasteiger partial charge in [-0.2, -0.15) is 4.98 Å². The first-order valence-corrected chi connectivity index (χ1v) is 9.06. The van der Waals surface area contributed by atoms with Gasteiger partial charge in [0, 0.05) is 18.2 Å². The highest BCUT2D eigenvalue weighted by molar-refractivity contribution is 5.80. The van der Waals surface area contributed by atoms with Gasteiger partial charge >= 0.3 is 5.69 Å². The topological polar surface area (TPSA) is 85.9 Å². The van der Waals surface area contributed by atoms with Crippen molar-refractivity contribution in [3.05, 3.63) is 64.4 Å². The van der Waals surface area contributed by atoms with Gasteiger partial charge in [-0.1, -0.05) is 24.2 Å². The van der Waals surface area contributed by atoms with Gasteiger partial charge in [0.1, 0.15) is 5.75 Å². The molecule has 0 atom stereocenters. The molecule has 4 rings (SSSR count). The maximum Gasteiger partial charge on any atom is 0.326 e. The standard InChI is InChI=1S/C21H20N4O3/c1-3-12-25-18-10-7-15(13-17(18)22-21(25)26)20-23-19(28-24-20)11-6-14-4-8-16(27-2)9-5-14/h4-11,13H,3,12H2,1-2H3,(H,22,26)/b11-6+. The number of imidazole rings is 1. The van der Waals surface area contributed by atoms with Gasteiger partial charge in [0.15, 0.2) is 0 Å². The number of aromatic amines is 1. The predicted molar refractivity (Wildman–Crippen MR) is 108 cm³/mol. The second-order valence-corrected chi connectivity index (χ2v) is 6.38. The molecule has 4 aromatic rings. The van der Waals surface area contributed by atoms with E-state index in [9.17, 15) is 4.79 Å². The maximum absolute atomic E-state index is 12.1. The fraction of sp³-hybridized carbons (Fsp3) is 0.190. The Morgan fingerprint density at radius 2 is 2.00 bits per heavy atom. The van der Waals surface area contributed by atoms with Crippen molar-refractivity contribution >= 4 is 23.2 Å². The normalized spacial score (nSPS) is 11.5. The number of hydrogen-bond donors (Lipinski definition) is 1. The summed E-state index contributed by atoms with van der Waals surface area (Å²) in [6.45, 7) is 2.72. The monoisotopic (exact) mass is 376 g/mol. The first-order valence-electron chi connectivity index (χ1n) is 9.06. The zero-order valence-electron chi connectivity index (χ0n) is 15.7. The van der Waals surface area contributed by atoms with Crippen LogP contribution in [0.3, 0.4) is 0 Å². The second kappa shape index (κ2) is 7.56. The lowest BCUT2D eigenvalue weighted by molar-refractivity contribution is 0.411. The summed E-state index contributed by atoms with van der Waals surface area (Å²) in [5, 5.41) is 4.04. The van der Waals surface area contributed by atoms with Crippen LogP contribution in [0.4, 0.5) is 0 Å².